The Morgan fingerprint density at radius 3 is 1.00 bits per heavy atom. The van der Waals surface area contributed by atoms with Crippen LogP contribution in [0.15, 0.2) is 170 Å². The van der Waals surface area contributed by atoms with Gasteiger partial charge >= 0.3 is 0 Å². The van der Waals surface area contributed by atoms with Crippen molar-refractivity contribution in [1.82, 2.24) is 0 Å². The highest BCUT2D eigenvalue weighted by Gasteiger charge is 2.17. The zero-order valence-electron chi connectivity index (χ0n) is 48.4. The number of rotatable bonds is 10. The van der Waals surface area contributed by atoms with Crippen molar-refractivity contribution >= 4 is 0 Å². The van der Waals surface area contributed by atoms with Crippen LogP contribution >= 0.6 is 0 Å². The summed E-state index contributed by atoms with van der Waals surface area (Å²) in [4.78, 5) is 0. The minimum Gasteiger partial charge on any atom is -0.201 e. The Balaban J connectivity index is 0.000000181. The molecule has 8 rings (SSSR count). The van der Waals surface area contributed by atoms with Gasteiger partial charge in [0.1, 0.15) is 28.2 Å². The fourth-order valence-electron chi connectivity index (χ4n) is 8.72. The SMILES string of the molecule is Cc1ccccc1-c1ccc(C(C)C)c[n+]1C.Cc1ccccc1-c1ccc(CC(C)C)c[n+]1C.[2H]C(C)(C)c1ccc(-c2ccccc2C)[n+](C)c1.[2H]C([2H])(c1ccc(-c2ccccc2C)[n+](C)c1)C(C)C. The molecule has 0 saturated carbocycles. The fraction of sp³-hybridized carbons (Fsp3) is 0.333. The number of pyridine rings is 4. The van der Waals surface area contributed by atoms with Crippen LogP contribution in [0.2, 0.25) is 0 Å². The van der Waals surface area contributed by atoms with Crippen LogP contribution in [-0.2, 0) is 41.0 Å². The number of nitrogens with zero attached hydrogens (tertiary/aromatic N) is 4. The first kappa shape index (κ1) is 49.9. The van der Waals surface area contributed by atoms with E-state index in [0.717, 1.165) is 23.2 Å². The molecule has 70 heavy (non-hydrogen) atoms. The molecule has 0 aliphatic heterocycles. The standard InChI is InChI=1S/2C17H22N.2C16H20N/c2*1-13(2)11-15-9-10-17(18(4)12-15)16-8-6-5-7-14(16)3;2*1-12(2)14-9-10-16(17(4)11-14)15-8-6-5-7-13(15)3/h2*5-10,12-13H,11H2,1-4H3;2*5-12H,1-4H3/q4*+1/i11D2;;12D;. The van der Waals surface area contributed by atoms with Gasteiger partial charge in [-0.2, -0.15) is 0 Å². The molecular weight excluding hydrogens is 849 g/mol. The first-order valence-electron chi connectivity index (χ1n) is 26.6. The lowest BCUT2D eigenvalue weighted by Crippen LogP contribution is -2.31. The predicted molar refractivity (Wildman–Crippen MR) is 296 cm³/mol. The zero-order valence-corrected chi connectivity index (χ0v) is 45.4. The molecule has 4 aromatic carbocycles. The minimum absolute atomic E-state index is 0.0492. The largest absolute Gasteiger partial charge is 0.212 e. The Hall–Kier alpha value is -6.52. The summed E-state index contributed by atoms with van der Waals surface area (Å²) in [7, 11) is 8.26. The van der Waals surface area contributed by atoms with Gasteiger partial charge in [-0.3, -0.25) is 0 Å². The van der Waals surface area contributed by atoms with E-state index in [1.165, 1.54) is 72.7 Å². The van der Waals surface area contributed by atoms with Crippen LogP contribution < -0.4 is 18.3 Å². The van der Waals surface area contributed by atoms with Gasteiger partial charge in [0.15, 0.2) is 24.8 Å². The van der Waals surface area contributed by atoms with Gasteiger partial charge < -0.3 is 0 Å². The Kier molecular flexibility index (Phi) is 18.5. The van der Waals surface area contributed by atoms with Gasteiger partial charge in [0.2, 0.25) is 22.8 Å². The maximum absolute atomic E-state index is 8.19. The number of aryl methyl sites for hydroxylation is 8. The monoisotopic (exact) mass is 936 g/mol. The smallest absolute Gasteiger partial charge is 0.201 e. The maximum Gasteiger partial charge on any atom is 0.212 e. The summed E-state index contributed by atoms with van der Waals surface area (Å²) >= 11 is 0. The number of benzene rings is 4. The second-order valence-electron chi connectivity index (χ2n) is 20.1. The quantitative estimate of drug-likeness (QED) is 0.121. The van der Waals surface area contributed by atoms with Gasteiger partial charge in [-0.05, 0) is 135 Å². The molecule has 0 radical (unpaired) electrons. The third kappa shape index (κ3) is 15.2. The highest BCUT2D eigenvalue weighted by Crippen LogP contribution is 2.25. The second kappa shape index (κ2) is 25.9. The Labute approximate surface area is 428 Å². The average Bonchev–Trinajstić information content (AvgIpc) is 3.33. The van der Waals surface area contributed by atoms with Crippen LogP contribution in [0, 0.1) is 39.5 Å². The molecule has 0 aliphatic rings. The minimum atomic E-state index is -1.30. The molecular formula is C66H84N4+4. The van der Waals surface area contributed by atoms with Gasteiger partial charge in [0, 0.05) is 72.9 Å². The van der Waals surface area contributed by atoms with Crippen LogP contribution in [0.25, 0.3) is 45.0 Å². The van der Waals surface area contributed by atoms with Crippen molar-refractivity contribution in [1.29, 1.82) is 0 Å². The van der Waals surface area contributed by atoms with Crippen LogP contribution in [-0.4, -0.2) is 0 Å². The Bertz CT molecular complexity index is 3090. The summed E-state index contributed by atoms with van der Waals surface area (Å²) in [5.74, 6) is 0.676. The van der Waals surface area contributed by atoms with Crippen molar-refractivity contribution in [3.8, 4) is 45.0 Å². The first-order chi connectivity index (χ1) is 34.4. The second-order valence-corrected chi connectivity index (χ2v) is 20.1. The third-order valence-corrected chi connectivity index (χ3v) is 12.6. The first-order valence-corrected chi connectivity index (χ1v) is 25.1. The van der Waals surface area contributed by atoms with Crippen molar-refractivity contribution in [3.05, 3.63) is 215 Å². The van der Waals surface area contributed by atoms with Gasteiger partial charge in [-0.1, -0.05) is 128 Å². The van der Waals surface area contributed by atoms with E-state index in [9.17, 15) is 0 Å². The lowest BCUT2D eigenvalue weighted by atomic mass is 10.0. The van der Waals surface area contributed by atoms with Gasteiger partial charge in [-0.15, -0.1) is 0 Å². The summed E-state index contributed by atoms with van der Waals surface area (Å²) in [6.07, 6.45) is 8.27. The highest BCUT2D eigenvalue weighted by atomic mass is 14.9. The topological polar surface area (TPSA) is 15.5 Å². The van der Waals surface area contributed by atoms with E-state index < -0.39 is 12.3 Å². The van der Waals surface area contributed by atoms with Crippen LogP contribution in [0.1, 0.15) is 116 Å². The van der Waals surface area contributed by atoms with E-state index in [-0.39, 0.29) is 5.92 Å². The van der Waals surface area contributed by atoms with E-state index >= 15 is 0 Å². The van der Waals surface area contributed by atoms with Crippen molar-refractivity contribution in [2.45, 2.75) is 108 Å². The van der Waals surface area contributed by atoms with E-state index in [2.05, 4.69) is 223 Å². The molecule has 0 N–H and O–H groups in total. The molecule has 8 aromatic rings. The van der Waals surface area contributed by atoms with E-state index in [1.807, 2.05) is 76.8 Å². The number of hydrogen-bond acceptors (Lipinski definition) is 0. The Morgan fingerprint density at radius 1 is 0.371 bits per heavy atom. The van der Waals surface area contributed by atoms with Crippen molar-refractivity contribution < 1.29 is 22.4 Å². The maximum atomic E-state index is 8.19. The van der Waals surface area contributed by atoms with Crippen LogP contribution in [0.4, 0.5) is 0 Å². The highest BCUT2D eigenvalue weighted by molar-refractivity contribution is 5.63. The molecule has 0 saturated heterocycles. The van der Waals surface area contributed by atoms with E-state index in [4.69, 9.17) is 4.11 Å². The Morgan fingerprint density at radius 2 is 0.686 bits per heavy atom. The number of aromatic nitrogens is 4. The molecule has 4 aromatic heterocycles. The number of hydrogen-bond donors (Lipinski definition) is 0. The van der Waals surface area contributed by atoms with Gasteiger partial charge in [-0.25, -0.2) is 18.3 Å². The summed E-state index contributed by atoms with van der Waals surface area (Å²) in [6, 6.07) is 50.7. The molecule has 0 bridgehead atoms. The molecule has 364 valence electrons. The zero-order chi connectivity index (χ0) is 53.8. The molecule has 0 atom stereocenters. The van der Waals surface area contributed by atoms with Gasteiger partial charge in [0.25, 0.3) is 0 Å². The van der Waals surface area contributed by atoms with Gasteiger partial charge in [0.05, 0.1) is 0 Å². The summed E-state index contributed by atoms with van der Waals surface area (Å²) in [5.41, 5.74) is 19.6. The lowest BCUT2D eigenvalue weighted by molar-refractivity contribution is -0.661. The molecule has 0 aliphatic carbocycles. The summed E-state index contributed by atoms with van der Waals surface area (Å²) in [5, 5.41) is 0. The lowest BCUT2D eigenvalue weighted by Gasteiger charge is -2.07. The normalized spacial score (nSPS) is 11.9. The molecule has 4 heteroatoms. The van der Waals surface area contributed by atoms with E-state index in [0.29, 0.717) is 11.8 Å². The molecule has 4 heterocycles. The fourth-order valence-corrected chi connectivity index (χ4v) is 8.72. The van der Waals surface area contributed by atoms with Crippen molar-refractivity contribution in [2.75, 3.05) is 0 Å². The summed E-state index contributed by atoms with van der Waals surface area (Å²) in [6.45, 7) is 25.2. The predicted octanol–water partition coefficient (Wildman–Crippen LogP) is 14.6. The summed E-state index contributed by atoms with van der Waals surface area (Å²) < 4.78 is 33.0. The van der Waals surface area contributed by atoms with E-state index in [1.54, 1.807) is 0 Å². The molecule has 0 unspecified atom stereocenters. The van der Waals surface area contributed by atoms with Crippen molar-refractivity contribution in [3.63, 3.8) is 0 Å². The molecule has 0 amide bonds. The third-order valence-electron chi connectivity index (χ3n) is 12.6. The van der Waals surface area contributed by atoms with Crippen LogP contribution in [0.3, 0.4) is 0 Å². The molecule has 0 spiro atoms. The molecule has 4 nitrogen and oxygen atoms in total. The molecule has 0 fully saturated rings. The van der Waals surface area contributed by atoms with Crippen molar-refractivity contribution in [2.24, 2.45) is 40.0 Å². The van der Waals surface area contributed by atoms with Crippen LogP contribution in [0.5, 0.6) is 0 Å². The average molecular weight is 936 g/mol.